The molecule has 0 aliphatic carbocycles. The number of carbonyl (C=O) groups is 1. The summed E-state index contributed by atoms with van der Waals surface area (Å²) in [5.41, 5.74) is 0. The molecule has 1 amide bonds. The fourth-order valence-corrected chi connectivity index (χ4v) is 3.07. The number of rotatable bonds is 3. The van der Waals surface area contributed by atoms with E-state index >= 15 is 0 Å². The smallest absolute Gasteiger partial charge is 0.267 e. The summed E-state index contributed by atoms with van der Waals surface area (Å²) in [4.78, 5) is 18.7. The highest BCUT2D eigenvalue weighted by molar-refractivity contribution is 5.82. The lowest BCUT2D eigenvalue weighted by Crippen LogP contribution is -2.55. The van der Waals surface area contributed by atoms with Crippen LogP contribution in [-0.2, 0) is 4.79 Å². The average molecular weight is 353 g/mol. The van der Waals surface area contributed by atoms with Crippen LogP contribution in [-0.4, -0.2) is 46.7 Å². The summed E-state index contributed by atoms with van der Waals surface area (Å²) >= 11 is 0. The molecule has 0 saturated carbocycles. The van der Waals surface area contributed by atoms with Gasteiger partial charge in [-0.05, 0) is 24.3 Å². The molecule has 1 aromatic carbocycles. The SMILES string of the molecule is O=C(C1COc2ccccc2O1)N1CC(c2nc(-c3ccco3)no2)C1. The van der Waals surface area contributed by atoms with Gasteiger partial charge in [0.15, 0.2) is 17.3 Å². The number of fused-ring (bicyclic) bond motifs is 1. The minimum atomic E-state index is -0.632. The van der Waals surface area contributed by atoms with Crippen molar-refractivity contribution in [1.29, 1.82) is 0 Å². The van der Waals surface area contributed by atoms with E-state index in [0.717, 1.165) is 0 Å². The standard InChI is InChI=1S/C18H15N3O5/c22-18(15-10-24-12-4-1-2-5-13(12)25-15)21-8-11(9-21)17-19-16(20-26-17)14-6-3-7-23-14/h1-7,11,15H,8-10H2. The molecule has 1 unspecified atom stereocenters. The van der Waals surface area contributed by atoms with Crippen LogP contribution in [0.15, 0.2) is 51.6 Å². The molecule has 26 heavy (non-hydrogen) atoms. The number of carbonyl (C=O) groups excluding carboxylic acids is 1. The zero-order valence-electron chi connectivity index (χ0n) is 13.7. The Kier molecular flexibility index (Phi) is 3.41. The second kappa shape index (κ2) is 5.91. The van der Waals surface area contributed by atoms with Crippen LogP contribution in [0.5, 0.6) is 11.5 Å². The molecule has 2 aromatic heterocycles. The van der Waals surface area contributed by atoms with Crippen molar-refractivity contribution in [1.82, 2.24) is 15.0 Å². The summed E-state index contributed by atoms with van der Waals surface area (Å²) in [5.74, 6) is 2.65. The first-order chi connectivity index (χ1) is 12.8. The lowest BCUT2D eigenvalue weighted by Gasteiger charge is -2.39. The van der Waals surface area contributed by atoms with Crippen LogP contribution in [0.4, 0.5) is 0 Å². The maximum Gasteiger partial charge on any atom is 0.267 e. The molecule has 2 aliphatic rings. The molecule has 1 fully saturated rings. The predicted octanol–water partition coefficient (Wildman–Crippen LogP) is 2.10. The zero-order valence-corrected chi connectivity index (χ0v) is 13.7. The van der Waals surface area contributed by atoms with Gasteiger partial charge in [-0.25, -0.2) is 0 Å². The first-order valence-electron chi connectivity index (χ1n) is 8.32. The van der Waals surface area contributed by atoms with E-state index in [-0.39, 0.29) is 18.4 Å². The van der Waals surface area contributed by atoms with Crippen LogP contribution in [0, 0.1) is 0 Å². The van der Waals surface area contributed by atoms with Gasteiger partial charge in [-0.2, -0.15) is 4.98 Å². The highest BCUT2D eigenvalue weighted by atomic mass is 16.6. The predicted molar refractivity (Wildman–Crippen MR) is 87.7 cm³/mol. The fourth-order valence-electron chi connectivity index (χ4n) is 3.07. The summed E-state index contributed by atoms with van der Waals surface area (Å²) in [6, 6.07) is 10.9. The lowest BCUT2D eigenvalue weighted by molar-refractivity contribution is -0.146. The van der Waals surface area contributed by atoms with E-state index in [2.05, 4.69) is 10.1 Å². The van der Waals surface area contributed by atoms with Crippen molar-refractivity contribution in [2.75, 3.05) is 19.7 Å². The van der Waals surface area contributed by atoms with Crippen LogP contribution in [0.3, 0.4) is 0 Å². The van der Waals surface area contributed by atoms with Gasteiger partial charge in [0.25, 0.3) is 5.91 Å². The van der Waals surface area contributed by atoms with Crippen LogP contribution in [0.2, 0.25) is 0 Å². The highest BCUT2D eigenvalue weighted by Gasteiger charge is 2.40. The molecule has 8 nitrogen and oxygen atoms in total. The summed E-state index contributed by atoms with van der Waals surface area (Å²) in [5, 5.41) is 3.92. The molecule has 5 rings (SSSR count). The van der Waals surface area contributed by atoms with Gasteiger partial charge in [0.1, 0.15) is 6.61 Å². The molecule has 2 aliphatic heterocycles. The molecule has 1 atom stereocenters. The van der Waals surface area contributed by atoms with Gasteiger partial charge in [-0.1, -0.05) is 17.3 Å². The van der Waals surface area contributed by atoms with E-state index in [4.69, 9.17) is 18.4 Å². The van der Waals surface area contributed by atoms with Crippen molar-refractivity contribution in [3.8, 4) is 23.1 Å². The van der Waals surface area contributed by atoms with Crippen molar-refractivity contribution in [3.63, 3.8) is 0 Å². The van der Waals surface area contributed by atoms with E-state index in [0.29, 0.717) is 42.1 Å². The first kappa shape index (κ1) is 15.0. The van der Waals surface area contributed by atoms with E-state index in [9.17, 15) is 4.79 Å². The van der Waals surface area contributed by atoms with Crippen molar-refractivity contribution in [2.45, 2.75) is 12.0 Å². The third kappa shape index (κ3) is 2.50. The van der Waals surface area contributed by atoms with Gasteiger partial charge in [0, 0.05) is 13.1 Å². The number of nitrogens with zero attached hydrogens (tertiary/aromatic N) is 3. The number of para-hydroxylation sites is 2. The monoisotopic (exact) mass is 353 g/mol. The minimum absolute atomic E-state index is 0.0203. The van der Waals surface area contributed by atoms with Crippen molar-refractivity contribution in [3.05, 3.63) is 48.6 Å². The van der Waals surface area contributed by atoms with E-state index in [1.165, 1.54) is 0 Å². The second-order valence-corrected chi connectivity index (χ2v) is 6.24. The minimum Gasteiger partial charge on any atom is -0.485 e. The number of aromatic nitrogens is 2. The van der Waals surface area contributed by atoms with E-state index < -0.39 is 6.10 Å². The molecule has 4 heterocycles. The fraction of sp³-hybridized carbons (Fsp3) is 0.278. The van der Waals surface area contributed by atoms with Crippen LogP contribution < -0.4 is 9.47 Å². The quantitative estimate of drug-likeness (QED) is 0.712. The number of furan rings is 1. The molecule has 3 aromatic rings. The van der Waals surface area contributed by atoms with Gasteiger partial charge in [0.05, 0.1) is 12.2 Å². The zero-order chi connectivity index (χ0) is 17.5. The normalized spacial score (nSPS) is 19.2. The molecule has 8 heteroatoms. The Labute approximate surface area is 148 Å². The Morgan fingerprint density at radius 1 is 1.12 bits per heavy atom. The maximum absolute atomic E-state index is 12.6. The number of hydrogen-bond acceptors (Lipinski definition) is 7. The summed E-state index contributed by atoms with van der Waals surface area (Å²) in [6.45, 7) is 1.24. The first-order valence-corrected chi connectivity index (χ1v) is 8.32. The number of amides is 1. The molecule has 0 N–H and O–H groups in total. The number of likely N-dealkylation sites (tertiary alicyclic amines) is 1. The number of ether oxygens (including phenoxy) is 2. The van der Waals surface area contributed by atoms with Crippen LogP contribution in [0.25, 0.3) is 11.6 Å². The maximum atomic E-state index is 12.6. The lowest BCUT2D eigenvalue weighted by atomic mass is 9.99. The second-order valence-electron chi connectivity index (χ2n) is 6.24. The molecular formula is C18H15N3O5. The third-order valence-corrected chi connectivity index (χ3v) is 4.51. The van der Waals surface area contributed by atoms with Crippen molar-refractivity contribution >= 4 is 5.91 Å². The molecule has 0 bridgehead atoms. The number of benzene rings is 1. The molecule has 0 radical (unpaired) electrons. The molecule has 132 valence electrons. The Bertz CT molecular complexity index is 930. The summed E-state index contributed by atoms with van der Waals surface area (Å²) < 4.78 is 21.9. The molecular weight excluding hydrogens is 338 g/mol. The van der Waals surface area contributed by atoms with Gasteiger partial charge >= 0.3 is 0 Å². The van der Waals surface area contributed by atoms with Crippen LogP contribution in [0.1, 0.15) is 11.8 Å². The number of hydrogen-bond donors (Lipinski definition) is 0. The Hall–Kier alpha value is -3.29. The molecule has 1 saturated heterocycles. The van der Waals surface area contributed by atoms with Gasteiger partial charge < -0.3 is 23.3 Å². The highest BCUT2D eigenvalue weighted by Crippen LogP contribution is 2.33. The summed E-state index contributed by atoms with van der Waals surface area (Å²) in [6.07, 6.45) is 0.923. The average Bonchev–Trinajstić information content (AvgIpc) is 3.31. The van der Waals surface area contributed by atoms with Crippen molar-refractivity contribution < 1.29 is 23.2 Å². The van der Waals surface area contributed by atoms with Gasteiger partial charge in [-0.3, -0.25) is 4.79 Å². The Morgan fingerprint density at radius 2 is 1.96 bits per heavy atom. The van der Waals surface area contributed by atoms with Crippen molar-refractivity contribution in [2.24, 2.45) is 0 Å². The van der Waals surface area contributed by atoms with Gasteiger partial charge in [-0.15, -0.1) is 0 Å². The van der Waals surface area contributed by atoms with E-state index in [1.54, 1.807) is 29.4 Å². The largest absolute Gasteiger partial charge is 0.485 e. The van der Waals surface area contributed by atoms with Crippen LogP contribution >= 0.6 is 0 Å². The summed E-state index contributed by atoms with van der Waals surface area (Å²) in [7, 11) is 0. The Morgan fingerprint density at radius 3 is 2.77 bits per heavy atom. The third-order valence-electron chi connectivity index (χ3n) is 4.51. The van der Waals surface area contributed by atoms with E-state index in [1.807, 2.05) is 18.2 Å². The topological polar surface area (TPSA) is 90.8 Å². The van der Waals surface area contributed by atoms with Gasteiger partial charge in [0.2, 0.25) is 17.8 Å². The Balaban J connectivity index is 1.21. The molecule has 0 spiro atoms.